The largest absolute Gasteiger partial charge is 0.319 e. The molecule has 0 saturated carbocycles. The Labute approximate surface area is 163 Å². The zero-order valence-electron chi connectivity index (χ0n) is 12.7. The van der Waals surface area contributed by atoms with Crippen LogP contribution in [0.3, 0.4) is 0 Å². The second-order valence-corrected chi connectivity index (χ2v) is 6.81. The van der Waals surface area contributed by atoms with Crippen LogP contribution < -0.4 is 10.2 Å². The Kier molecular flexibility index (Phi) is 5.39. The average molecular weight is 419 g/mol. The fraction of sp³-hybridized carbons (Fsp3) is 0.188. The predicted molar refractivity (Wildman–Crippen MR) is 100 cm³/mol. The minimum absolute atomic E-state index is 0.00967. The van der Waals surface area contributed by atoms with Crippen molar-refractivity contribution in [3.8, 4) is 0 Å². The van der Waals surface area contributed by atoms with Gasteiger partial charge in [-0.3, -0.25) is 9.59 Å². The maximum absolute atomic E-state index is 12.6. The Morgan fingerprint density at radius 3 is 2.48 bits per heavy atom. The van der Waals surface area contributed by atoms with Crippen molar-refractivity contribution >= 4 is 69.6 Å². The molecule has 0 bridgehead atoms. The summed E-state index contributed by atoms with van der Waals surface area (Å²) < 4.78 is 0. The summed E-state index contributed by atoms with van der Waals surface area (Å²) in [6, 6.07) is 6.98. The second kappa shape index (κ2) is 7.38. The van der Waals surface area contributed by atoms with Crippen LogP contribution in [-0.4, -0.2) is 23.3 Å². The lowest BCUT2D eigenvalue weighted by Crippen LogP contribution is -2.25. The molecule has 1 N–H and O–H groups in total. The molecule has 5 nitrogen and oxygen atoms in total. The van der Waals surface area contributed by atoms with Crippen molar-refractivity contribution in [1.29, 1.82) is 0 Å². The lowest BCUT2D eigenvalue weighted by Gasteiger charge is -2.20. The molecule has 9 heteroatoms. The smallest absolute Gasteiger partial charge is 0.275 e. The molecular formula is C16H11Cl4N3O2. The number of nitrogens with zero attached hydrogens (tertiary/aromatic N) is 2. The van der Waals surface area contributed by atoms with Gasteiger partial charge in [0.2, 0.25) is 5.91 Å². The first kappa shape index (κ1) is 18.3. The van der Waals surface area contributed by atoms with Crippen LogP contribution in [0.25, 0.3) is 0 Å². The quantitative estimate of drug-likeness (QED) is 0.707. The number of halogens is 4. The van der Waals surface area contributed by atoms with Crippen molar-refractivity contribution in [2.75, 3.05) is 16.8 Å². The van der Waals surface area contributed by atoms with Crippen LogP contribution in [0.2, 0.25) is 20.2 Å². The first-order chi connectivity index (χ1) is 11.9. The predicted octanol–water partition coefficient (Wildman–Crippen LogP) is 5.07. The molecule has 1 aliphatic heterocycles. The average Bonchev–Trinajstić information content (AvgIpc) is 3.02. The van der Waals surface area contributed by atoms with Crippen LogP contribution in [0, 0.1) is 0 Å². The van der Waals surface area contributed by atoms with Gasteiger partial charge in [-0.05, 0) is 18.6 Å². The third-order valence-corrected chi connectivity index (χ3v) is 5.39. The van der Waals surface area contributed by atoms with Crippen molar-refractivity contribution in [3.63, 3.8) is 0 Å². The second-order valence-electron chi connectivity index (χ2n) is 5.31. The summed E-state index contributed by atoms with van der Waals surface area (Å²) >= 11 is 23.8. The van der Waals surface area contributed by atoms with Crippen molar-refractivity contribution in [3.05, 3.63) is 50.2 Å². The number of pyridine rings is 1. The van der Waals surface area contributed by atoms with Gasteiger partial charge in [0.15, 0.2) is 0 Å². The van der Waals surface area contributed by atoms with Gasteiger partial charge in [0.05, 0.1) is 26.4 Å². The number of nitrogens with one attached hydrogen (secondary N) is 1. The van der Waals surface area contributed by atoms with Crippen LogP contribution in [0.15, 0.2) is 24.3 Å². The molecule has 1 aromatic carbocycles. The van der Waals surface area contributed by atoms with Gasteiger partial charge in [-0.25, -0.2) is 4.98 Å². The summed E-state index contributed by atoms with van der Waals surface area (Å²) in [4.78, 5) is 30.1. The highest BCUT2D eigenvalue weighted by Gasteiger charge is 2.25. The summed E-state index contributed by atoms with van der Waals surface area (Å²) in [5.74, 6) is -0.597. The van der Waals surface area contributed by atoms with E-state index in [1.807, 2.05) is 0 Å². The Morgan fingerprint density at radius 2 is 1.80 bits per heavy atom. The van der Waals surface area contributed by atoms with Gasteiger partial charge in [-0.15, -0.1) is 0 Å². The monoisotopic (exact) mass is 417 g/mol. The Bertz CT molecular complexity index is 873. The first-order valence-corrected chi connectivity index (χ1v) is 8.82. The normalized spacial score (nSPS) is 14.1. The number of hydrogen-bond acceptors (Lipinski definition) is 3. The van der Waals surface area contributed by atoms with E-state index in [-0.39, 0.29) is 31.8 Å². The third kappa shape index (κ3) is 3.55. The van der Waals surface area contributed by atoms with Crippen molar-refractivity contribution < 1.29 is 9.59 Å². The summed E-state index contributed by atoms with van der Waals surface area (Å²) in [5.41, 5.74) is 0.923. The highest BCUT2D eigenvalue weighted by atomic mass is 35.5. The van der Waals surface area contributed by atoms with E-state index in [0.717, 1.165) is 6.42 Å². The van der Waals surface area contributed by atoms with E-state index in [9.17, 15) is 9.59 Å². The molecule has 25 heavy (non-hydrogen) atoms. The molecule has 1 saturated heterocycles. The number of hydrogen-bond donors (Lipinski definition) is 1. The highest BCUT2D eigenvalue weighted by molar-refractivity contribution is 6.52. The molecular weight excluding hydrogens is 408 g/mol. The van der Waals surface area contributed by atoms with Gasteiger partial charge < -0.3 is 10.2 Å². The van der Waals surface area contributed by atoms with Gasteiger partial charge in [0.25, 0.3) is 5.91 Å². The van der Waals surface area contributed by atoms with Gasteiger partial charge in [0.1, 0.15) is 10.8 Å². The number of benzene rings is 1. The van der Waals surface area contributed by atoms with E-state index in [2.05, 4.69) is 10.3 Å². The maximum Gasteiger partial charge on any atom is 0.275 e. The summed E-state index contributed by atoms with van der Waals surface area (Å²) in [7, 11) is 0. The molecule has 1 fully saturated rings. The molecule has 3 rings (SSSR count). The van der Waals surface area contributed by atoms with E-state index >= 15 is 0 Å². The maximum atomic E-state index is 12.6. The number of carbonyl (C=O) groups excluding carboxylic acids is 2. The fourth-order valence-electron chi connectivity index (χ4n) is 2.54. The molecule has 2 heterocycles. The standard InChI is InChI=1S/C16H11Cl4N3O2/c17-11-12(18)14(22-15(20)13(11)19)16(25)21-8-4-1-2-5-9(8)23-7-3-6-10(23)24/h1-2,4-5H,3,6-7H2,(H,21,25). The van der Waals surface area contributed by atoms with Gasteiger partial charge in [-0.2, -0.15) is 0 Å². The number of carbonyl (C=O) groups is 2. The van der Waals surface area contributed by atoms with Gasteiger partial charge >= 0.3 is 0 Å². The lowest BCUT2D eigenvalue weighted by atomic mass is 10.2. The Morgan fingerprint density at radius 1 is 1.08 bits per heavy atom. The van der Waals surface area contributed by atoms with Crippen LogP contribution in [0.1, 0.15) is 23.3 Å². The minimum Gasteiger partial charge on any atom is -0.319 e. The fourth-order valence-corrected chi connectivity index (χ4v) is 3.35. The summed E-state index contributed by atoms with van der Waals surface area (Å²) in [5, 5.41) is 2.42. The van der Waals surface area contributed by atoms with Crippen LogP contribution in [-0.2, 0) is 4.79 Å². The SMILES string of the molecule is O=C(Nc1ccccc1N1CCCC1=O)c1nc(Cl)c(Cl)c(Cl)c1Cl. The number of aromatic nitrogens is 1. The van der Waals surface area contributed by atoms with Crippen LogP contribution >= 0.6 is 46.4 Å². The molecule has 1 aliphatic rings. The lowest BCUT2D eigenvalue weighted by molar-refractivity contribution is -0.117. The molecule has 130 valence electrons. The summed E-state index contributed by atoms with van der Waals surface area (Å²) in [6.45, 7) is 0.601. The number of anilines is 2. The molecule has 0 aliphatic carbocycles. The zero-order chi connectivity index (χ0) is 18.1. The number of amides is 2. The highest BCUT2D eigenvalue weighted by Crippen LogP contribution is 2.37. The van der Waals surface area contributed by atoms with E-state index in [4.69, 9.17) is 46.4 Å². The number of para-hydroxylation sites is 2. The van der Waals surface area contributed by atoms with E-state index < -0.39 is 5.91 Å². The van der Waals surface area contributed by atoms with Crippen LogP contribution in [0.4, 0.5) is 11.4 Å². The summed E-state index contributed by atoms with van der Waals surface area (Å²) in [6.07, 6.45) is 1.26. The first-order valence-electron chi connectivity index (χ1n) is 7.31. The van der Waals surface area contributed by atoms with E-state index in [0.29, 0.717) is 24.3 Å². The Hall–Kier alpha value is -1.53. The topological polar surface area (TPSA) is 62.3 Å². The van der Waals surface area contributed by atoms with Crippen molar-refractivity contribution in [2.45, 2.75) is 12.8 Å². The van der Waals surface area contributed by atoms with Crippen LogP contribution in [0.5, 0.6) is 0 Å². The molecule has 0 spiro atoms. The van der Waals surface area contributed by atoms with Gasteiger partial charge in [-0.1, -0.05) is 58.5 Å². The van der Waals surface area contributed by atoms with E-state index in [1.54, 1.807) is 29.2 Å². The van der Waals surface area contributed by atoms with Gasteiger partial charge in [0, 0.05) is 13.0 Å². The molecule has 0 atom stereocenters. The van der Waals surface area contributed by atoms with Crippen molar-refractivity contribution in [1.82, 2.24) is 4.98 Å². The molecule has 2 amide bonds. The zero-order valence-corrected chi connectivity index (χ0v) is 15.7. The number of rotatable bonds is 3. The van der Waals surface area contributed by atoms with Crippen molar-refractivity contribution in [2.24, 2.45) is 0 Å². The minimum atomic E-state index is -0.607. The molecule has 0 radical (unpaired) electrons. The molecule has 0 unspecified atom stereocenters. The third-order valence-electron chi connectivity index (χ3n) is 3.72. The Balaban J connectivity index is 1.94. The van der Waals surface area contributed by atoms with E-state index in [1.165, 1.54) is 0 Å². The molecule has 1 aromatic heterocycles. The molecule has 2 aromatic rings.